The first-order valence-electron chi connectivity index (χ1n) is 3.80. The third kappa shape index (κ3) is 5.35. The van der Waals surface area contributed by atoms with E-state index in [0.29, 0.717) is 11.3 Å². The smallest absolute Gasteiger partial charge is 0.0606 e. The summed E-state index contributed by atoms with van der Waals surface area (Å²) in [6.07, 6.45) is 5.55. The van der Waals surface area contributed by atoms with Crippen molar-refractivity contribution in [2.75, 3.05) is 0 Å². The first-order valence-corrected chi connectivity index (χ1v) is 3.80. The summed E-state index contributed by atoms with van der Waals surface area (Å²) in [4.78, 5) is 0. The average molecular weight is 164 g/mol. The summed E-state index contributed by atoms with van der Waals surface area (Å²) in [6, 6.07) is 0. The Balaban J connectivity index is 0. The Morgan fingerprint density at radius 2 is 1.67 bits per heavy atom. The SMILES string of the molecule is C=CC(=N)/C(C=C)=C\C=N.CC. The fourth-order valence-corrected chi connectivity index (χ4v) is 0.475. The minimum Gasteiger partial charge on any atom is -0.309 e. The highest BCUT2D eigenvalue weighted by Gasteiger charge is 1.92. The van der Waals surface area contributed by atoms with E-state index in [-0.39, 0.29) is 0 Å². The summed E-state index contributed by atoms with van der Waals surface area (Å²) in [5.41, 5.74) is 0.906. The molecule has 0 aliphatic heterocycles. The van der Waals surface area contributed by atoms with Crippen molar-refractivity contribution in [1.29, 1.82) is 10.8 Å². The lowest BCUT2D eigenvalue weighted by atomic mass is 10.1. The summed E-state index contributed by atoms with van der Waals surface area (Å²) in [5, 5.41) is 14.0. The molecule has 0 aromatic carbocycles. The highest BCUT2D eigenvalue weighted by atomic mass is 14.4. The Morgan fingerprint density at radius 3 is 1.92 bits per heavy atom. The van der Waals surface area contributed by atoms with Crippen molar-refractivity contribution in [1.82, 2.24) is 0 Å². The summed E-state index contributed by atoms with van der Waals surface area (Å²) < 4.78 is 0. The molecule has 2 N–H and O–H groups in total. The van der Waals surface area contributed by atoms with Crippen molar-refractivity contribution < 1.29 is 0 Å². The van der Waals surface area contributed by atoms with Gasteiger partial charge in [-0.15, -0.1) is 0 Å². The zero-order chi connectivity index (χ0) is 9.98. The van der Waals surface area contributed by atoms with Crippen molar-refractivity contribution in [3.8, 4) is 0 Å². The van der Waals surface area contributed by atoms with Gasteiger partial charge in [-0.3, -0.25) is 0 Å². The summed E-state index contributed by atoms with van der Waals surface area (Å²) in [5.74, 6) is 0. The summed E-state index contributed by atoms with van der Waals surface area (Å²) >= 11 is 0. The Hall–Kier alpha value is -1.44. The predicted octanol–water partition coefficient (Wildman–Crippen LogP) is 2.98. The summed E-state index contributed by atoms with van der Waals surface area (Å²) in [6.45, 7) is 10.9. The molecule has 0 atom stereocenters. The van der Waals surface area contributed by atoms with E-state index in [2.05, 4.69) is 13.2 Å². The van der Waals surface area contributed by atoms with Crippen LogP contribution in [0.2, 0.25) is 0 Å². The zero-order valence-electron chi connectivity index (χ0n) is 7.72. The molecule has 2 nitrogen and oxygen atoms in total. The van der Waals surface area contributed by atoms with Gasteiger partial charge in [-0.25, -0.2) is 0 Å². The van der Waals surface area contributed by atoms with Gasteiger partial charge >= 0.3 is 0 Å². The van der Waals surface area contributed by atoms with E-state index in [1.54, 1.807) is 0 Å². The lowest BCUT2D eigenvalue weighted by molar-refractivity contribution is 1.50. The van der Waals surface area contributed by atoms with Gasteiger partial charge in [-0.1, -0.05) is 33.1 Å². The number of allylic oxidation sites excluding steroid dienone is 4. The monoisotopic (exact) mass is 164 g/mol. The van der Waals surface area contributed by atoms with Gasteiger partial charge in [0.1, 0.15) is 0 Å². The molecule has 0 heterocycles. The Morgan fingerprint density at radius 1 is 1.17 bits per heavy atom. The van der Waals surface area contributed by atoms with Gasteiger partial charge in [0.25, 0.3) is 0 Å². The van der Waals surface area contributed by atoms with E-state index in [0.717, 1.165) is 6.21 Å². The van der Waals surface area contributed by atoms with Crippen LogP contribution >= 0.6 is 0 Å². The fourth-order valence-electron chi connectivity index (χ4n) is 0.475. The van der Waals surface area contributed by atoms with Gasteiger partial charge in [0.2, 0.25) is 0 Å². The van der Waals surface area contributed by atoms with Crippen LogP contribution in [0.4, 0.5) is 0 Å². The first kappa shape index (κ1) is 13.2. The largest absolute Gasteiger partial charge is 0.309 e. The Kier molecular flexibility index (Phi) is 10.5. The van der Waals surface area contributed by atoms with Crippen LogP contribution in [-0.4, -0.2) is 11.9 Å². The van der Waals surface area contributed by atoms with Crippen molar-refractivity contribution in [3.63, 3.8) is 0 Å². The van der Waals surface area contributed by atoms with E-state index in [1.807, 2.05) is 13.8 Å². The van der Waals surface area contributed by atoms with Crippen LogP contribution in [-0.2, 0) is 0 Å². The number of hydrogen-bond donors (Lipinski definition) is 2. The normalized spacial score (nSPS) is 9.00. The molecule has 0 spiro atoms. The molecule has 0 unspecified atom stereocenters. The predicted molar refractivity (Wildman–Crippen MR) is 56.3 cm³/mol. The second-order valence-corrected chi connectivity index (χ2v) is 1.61. The highest BCUT2D eigenvalue weighted by Crippen LogP contribution is 1.96. The highest BCUT2D eigenvalue weighted by molar-refractivity contribution is 6.09. The van der Waals surface area contributed by atoms with Gasteiger partial charge in [-0.05, 0) is 12.2 Å². The van der Waals surface area contributed by atoms with Crippen molar-refractivity contribution in [2.24, 2.45) is 0 Å². The second-order valence-electron chi connectivity index (χ2n) is 1.61. The van der Waals surface area contributed by atoms with Crippen LogP contribution < -0.4 is 0 Å². The van der Waals surface area contributed by atoms with Gasteiger partial charge < -0.3 is 10.8 Å². The molecule has 0 saturated heterocycles. The van der Waals surface area contributed by atoms with Crippen molar-refractivity contribution in [2.45, 2.75) is 13.8 Å². The third-order valence-corrected chi connectivity index (χ3v) is 0.998. The minimum atomic E-state index is 0.290. The molecule has 0 rings (SSSR count). The molecule has 0 radical (unpaired) electrons. The van der Waals surface area contributed by atoms with E-state index in [4.69, 9.17) is 10.8 Å². The molecule has 0 aliphatic rings. The van der Waals surface area contributed by atoms with Crippen LogP contribution in [0.3, 0.4) is 0 Å². The van der Waals surface area contributed by atoms with E-state index >= 15 is 0 Å². The maximum atomic E-state index is 7.24. The maximum Gasteiger partial charge on any atom is 0.0606 e. The second kappa shape index (κ2) is 9.56. The number of hydrogen-bond acceptors (Lipinski definition) is 2. The Labute approximate surface area is 74.3 Å². The van der Waals surface area contributed by atoms with Crippen LogP contribution in [0.25, 0.3) is 0 Å². The standard InChI is InChI=1S/C8H10N2.C2H6/c1-3-7(5-6-9)8(10)4-2;1-2/h3-6,9-10H,1-2H2;1-2H3/b7-5-,9-6?,10-8?;. The molecule has 0 aliphatic carbocycles. The van der Waals surface area contributed by atoms with Crippen LogP contribution in [0.15, 0.2) is 37.0 Å². The molecule has 0 saturated carbocycles. The molecule has 2 heteroatoms. The molecule has 0 aromatic heterocycles. The maximum absolute atomic E-state index is 7.24. The molecule has 0 amide bonds. The number of rotatable bonds is 4. The quantitative estimate of drug-likeness (QED) is 0.474. The fraction of sp³-hybridized carbons (Fsp3) is 0.200. The topological polar surface area (TPSA) is 47.7 Å². The van der Waals surface area contributed by atoms with E-state index in [1.165, 1.54) is 18.2 Å². The van der Waals surface area contributed by atoms with Crippen molar-refractivity contribution >= 4 is 11.9 Å². The number of nitrogens with one attached hydrogen (secondary N) is 2. The molecule has 0 fully saturated rings. The van der Waals surface area contributed by atoms with Crippen LogP contribution in [0, 0.1) is 10.8 Å². The average Bonchev–Trinajstić information content (AvgIpc) is 2.16. The lowest BCUT2D eigenvalue weighted by Gasteiger charge is -1.94. The third-order valence-electron chi connectivity index (χ3n) is 0.998. The van der Waals surface area contributed by atoms with Gasteiger partial charge in [0, 0.05) is 11.8 Å². The summed E-state index contributed by atoms with van der Waals surface area (Å²) in [7, 11) is 0. The van der Waals surface area contributed by atoms with Crippen molar-refractivity contribution in [3.05, 3.63) is 37.0 Å². The first-order chi connectivity index (χ1) is 5.76. The van der Waals surface area contributed by atoms with Crippen LogP contribution in [0.1, 0.15) is 13.8 Å². The molecule has 0 bridgehead atoms. The Bertz CT molecular complexity index is 200. The molecular weight excluding hydrogens is 148 g/mol. The van der Waals surface area contributed by atoms with E-state index in [9.17, 15) is 0 Å². The van der Waals surface area contributed by atoms with Gasteiger partial charge in [-0.2, -0.15) is 0 Å². The zero-order valence-corrected chi connectivity index (χ0v) is 7.72. The minimum absolute atomic E-state index is 0.290. The van der Waals surface area contributed by atoms with Gasteiger partial charge in [0.05, 0.1) is 5.71 Å². The van der Waals surface area contributed by atoms with Crippen LogP contribution in [0.5, 0.6) is 0 Å². The molecule has 66 valence electrons. The van der Waals surface area contributed by atoms with E-state index < -0.39 is 0 Å². The lowest BCUT2D eigenvalue weighted by Crippen LogP contribution is -1.92. The molecule has 12 heavy (non-hydrogen) atoms. The molecule has 0 aromatic rings. The van der Waals surface area contributed by atoms with Gasteiger partial charge in [0.15, 0.2) is 0 Å². The molecular formula is C10H16N2.